The van der Waals surface area contributed by atoms with Crippen LogP contribution in [-0.4, -0.2) is 44.2 Å². The first kappa shape index (κ1) is 19.2. The molecule has 0 unspecified atom stereocenters. The van der Waals surface area contributed by atoms with Crippen molar-refractivity contribution in [3.8, 4) is 45.4 Å². The molecule has 0 aliphatic carbocycles. The third-order valence-corrected chi connectivity index (χ3v) is 4.36. The van der Waals surface area contributed by atoms with Gasteiger partial charge in [-0.15, -0.1) is 0 Å². The average Bonchev–Trinajstić information content (AvgIpc) is 3.18. The Labute approximate surface area is 162 Å². The fraction of sp³-hybridized carbons (Fsp3) is 0.190. The van der Waals surface area contributed by atoms with E-state index < -0.39 is 6.09 Å². The van der Waals surface area contributed by atoms with Crippen LogP contribution in [0, 0.1) is 0 Å². The van der Waals surface area contributed by atoms with Crippen molar-refractivity contribution in [1.82, 2.24) is 4.57 Å². The van der Waals surface area contributed by atoms with E-state index in [9.17, 15) is 9.90 Å². The van der Waals surface area contributed by atoms with E-state index in [1.165, 1.54) is 0 Å². The molecule has 1 aromatic heterocycles. The van der Waals surface area contributed by atoms with E-state index in [1.807, 2.05) is 12.1 Å². The number of ether oxygens (including phenoxy) is 4. The second-order valence-electron chi connectivity index (χ2n) is 5.97. The number of carbonyl (C=O) groups is 1. The summed E-state index contributed by atoms with van der Waals surface area (Å²) in [5.41, 5.74) is 2.62. The van der Waals surface area contributed by atoms with E-state index in [4.69, 9.17) is 18.9 Å². The Hall–Kier alpha value is -3.61. The molecule has 0 radical (unpaired) electrons. The third kappa shape index (κ3) is 3.73. The van der Waals surface area contributed by atoms with Gasteiger partial charge in [-0.2, -0.15) is 0 Å². The van der Waals surface area contributed by atoms with Crippen LogP contribution in [0.3, 0.4) is 0 Å². The highest BCUT2D eigenvalue weighted by Gasteiger charge is 2.17. The van der Waals surface area contributed by atoms with Gasteiger partial charge >= 0.3 is 6.09 Å². The standard InChI is InChI=1S/C21H21NO6/c1-25-16-5-13(6-17(10-16)26-2)15-9-20(22(12-15)21(23)24)14-7-18(27-3)11-19(8-14)28-4/h5-12H,1-4H3,(H,23,24). The van der Waals surface area contributed by atoms with Crippen molar-refractivity contribution < 1.29 is 28.8 Å². The summed E-state index contributed by atoms with van der Waals surface area (Å²) in [6, 6.07) is 12.4. The van der Waals surface area contributed by atoms with Crippen molar-refractivity contribution in [2.24, 2.45) is 0 Å². The van der Waals surface area contributed by atoms with Crippen molar-refractivity contribution in [3.63, 3.8) is 0 Å². The maximum absolute atomic E-state index is 11.8. The lowest BCUT2D eigenvalue weighted by atomic mass is 10.1. The largest absolute Gasteiger partial charge is 0.497 e. The highest BCUT2D eigenvalue weighted by Crippen LogP contribution is 2.36. The Bertz CT molecular complexity index is 964. The molecule has 0 aliphatic rings. The van der Waals surface area contributed by atoms with Gasteiger partial charge in [0, 0.05) is 29.5 Å². The summed E-state index contributed by atoms with van der Waals surface area (Å²) in [4.78, 5) is 11.8. The molecule has 0 fully saturated rings. The molecule has 0 aliphatic heterocycles. The predicted molar refractivity (Wildman–Crippen MR) is 105 cm³/mol. The molecule has 7 nitrogen and oxygen atoms in total. The first-order valence-electron chi connectivity index (χ1n) is 8.41. The van der Waals surface area contributed by atoms with Crippen LogP contribution in [-0.2, 0) is 0 Å². The fourth-order valence-electron chi connectivity index (χ4n) is 2.93. The molecule has 0 spiro atoms. The fourth-order valence-corrected chi connectivity index (χ4v) is 2.93. The van der Waals surface area contributed by atoms with Crippen LogP contribution in [0.2, 0.25) is 0 Å². The number of methoxy groups -OCH3 is 4. The molecule has 7 heteroatoms. The highest BCUT2D eigenvalue weighted by molar-refractivity contribution is 5.83. The topological polar surface area (TPSA) is 79.2 Å². The van der Waals surface area contributed by atoms with E-state index >= 15 is 0 Å². The zero-order valence-corrected chi connectivity index (χ0v) is 16.1. The van der Waals surface area contributed by atoms with Crippen LogP contribution in [0.5, 0.6) is 23.0 Å². The Morgan fingerprint density at radius 3 is 1.50 bits per heavy atom. The van der Waals surface area contributed by atoms with E-state index in [2.05, 4.69) is 0 Å². The molecular weight excluding hydrogens is 362 g/mol. The highest BCUT2D eigenvalue weighted by atomic mass is 16.5. The minimum absolute atomic E-state index is 0.487. The van der Waals surface area contributed by atoms with Gasteiger partial charge in [0.05, 0.1) is 34.1 Å². The molecule has 3 rings (SSSR count). The van der Waals surface area contributed by atoms with Crippen molar-refractivity contribution in [2.45, 2.75) is 0 Å². The molecule has 0 bridgehead atoms. The van der Waals surface area contributed by atoms with Gasteiger partial charge in [-0.3, -0.25) is 4.57 Å². The monoisotopic (exact) mass is 383 g/mol. The zero-order valence-electron chi connectivity index (χ0n) is 16.1. The van der Waals surface area contributed by atoms with Crippen molar-refractivity contribution in [3.05, 3.63) is 48.7 Å². The van der Waals surface area contributed by atoms with Crippen LogP contribution in [0.15, 0.2) is 48.7 Å². The van der Waals surface area contributed by atoms with E-state index in [-0.39, 0.29) is 0 Å². The summed E-state index contributed by atoms with van der Waals surface area (Å²) in [6.07, 6.45) is 0.454. The van der Waals surface area contributed by atoms with E-state index in [0.717, 1.165) is 10.1 Å². The Morgan fingerprint density at radius 2 is 1.11 bits per heavy atom. The van der Waals surface area contributed by atoms with Crippen molar-refractivity contribution in [1.29, 1.82) is 0 Å². The second-order valence-corrected chi connectivity index (χ2v) is 5.97. The maximum atomic E-state index is 11.8. The number of hydrogen-bond donors (Lipinski definition) is 1. The van der Waals surface area contributed by atoms with Gasteiger partial charge in [0.2, 0.25) is 0 Å². The molecule has 2 aromatic carbocycles. The summed E-state index contributed by atoms with van der Waals surface area (Å²) in [5.74, 6) is 2.36. The quantitative estimate of drug-likeness (QED) is 0.680. The van der Waals surface area contributed by atoms with Crippen LogP contribution >= 0.6 is 0 Å². The number of aromatic nitrogens is 1. The van der Waals surface area contributed by atoms with Gasteiger partial charge in [-0.1, -0.05) is 0 Å². The lowest BCUT2D eigenvalue weighted by molar-refractivity contribution is 0.197. The Morgan fingerprint density at radius 1 is 0.679 bits per heavy atom. The predicted octanol–water partition coefficient (Wildman–Crippen LogP) is 4.38. The van der Waals surface area contributed by atoms with E-state index in [1.54, 1.807) is 65.0 Å². The van der Waals surface area contributed by atoms with Gasteiger partial charge in [0.1, 0.15) is 23.0 Å². The molecule has 1 N–H and O–H groups in total. The summed E-state index contributed by atoms with van der Waals surface area (Å²) in [5, 5.41) is 9.69. The molecular formula is C21H21NO6. The molecule has 0 amide bonds. The number of rotatable bonds is 6. The lowest BCUT2D eigenvalue weighted by Crippen LogP contribution is -2.07. The van der Waals surface area contributed by atoms with Gasteiger partial charge in [0.15, 0.2) is 0 Å². The summed E-state index contributed by atoms with van der Waals surface area (Å²) >= 11 is 0. The van der Waals surface area contributed by atoms with Gasteiger partial charge in [-0.05, 0) is 35.9 Å². The Kier molecular flexibility index (Phi) is 5.44. The normalized spacial score (nSPS) is 10.4. The first-order chi connectivity index (χ1) is 13.5. The van der Waals surface area contributed by atoms with Crippen molar-refractivity contribution in [2.75, 3.05) is 28.4 Å². The number of carboxylic acid groups (broad SMARTS) is 1. The minimum Gasteiger partial charge on any atom is -0.497 e. The molecule has 3 aromatic rings. The summed E-state index contributed by atoms with van der Waals surface area (Å²) in [6.45, 7) is 0. The number of hydrogen-bond acceptors (Lipinski definition) is 5. The SMILES string of the molecule is COc1cc(OC)cc(-c2cc(-c3cc(OC)cc(OC)c3)n(C(=O)O)c2)c1. The van der Waals surface area contributed by atoms with Gasteiger partial charge in [-0.25, -0.2) is 4.79 Å². The van der Waals surface area contributed by atoms with Gasteiger partial charge < -0.3 is 24.1 Å². The summed E-state index contributed by atoms with van der Waals surface area (Å²) < 4.78 is 22.4. The zero-order chi connectivity index (χ0) is 20.3. The minimum atomic E-state index is -1.10. The number of nitrogens with zero attached hydrogens (tertiary/aromatic N) is 1. The molecule has 0 atom stereocenters. The Balaban J connectivity index is 2.18. The molecule has 0 saturated heterocycles. The first-order valence-corrected chi connectivity index (χ1v) is 8.41. The van der Waals surface area contributed by atoms with Crippen LogP contribution in [0.4, 0.5) is 4.79 Å². The molecule has 146 valence electrons. The van der Waals surface area contributed by atoms with Crippen LogP contribution in [0.25, 0.3) is 22.4 Å². The summed E-state index contributed by atoms with van der Waals surface area (Å²) in [7, 11) is 6.22. The smallest absolute Gasteiger partial charge is 0.416 e. The molecule has 0 saturated carbocycles. The number of benzene rings is 2. The second kappa shape index (κ2) is 7.96. The van der Waals surface area contributed by atoms with Crippen LogP contribution < -0.4 is 18.9 Å². The molecule has 1 heterocycles. The molecule has 28 heavy (non-hydrogen) atoms. The lowest BCUT2D eigenvalue weighted by Gasteiger charge is -2.09. The van der Waals surface area contributed by atoms with Gasteiger partial charge in [0.25, 0.3) is 0 Å². The average molecular weight is 383 g/mol. The van der Waals surface area contributed by atoms with E-state index in [0.29, 0.717) is 39.8 Å². The van der Waals surface area contributed by atoms with Crippen LogP contribution in [0.1, 0.15) is 0 Å². The van der Waals surface area contributed by atoms with Crippen molar-refractivity contribution >= 4 is 6.09 Å². The third-order valence-electron chi connectivity index (χ3n) is 4.36. The maximum Gasteiger partial charge on any atom is 0.416 e.